The molecule has 0 bridgehead atoms. The molecule has 3 aromatic rings. The molecule has 8 nitrogen and oxygen atoms in total. The van der Waals surface area contributed by atoms with Crippen LogP contribution >= 0.6 is 0 Å². The number of rotatable bonds is 8. The number of hydrogen-bond donors (Lipinski definition) is 2. The van der Waals surface area contributed by atoms with Gasteiger partial charge in [0.05, 0.1) is 10.9 Å². The lowest BCUT2D eigenvalue weighted by Gasteiger charge is -2.25. The van der Waals surface area contributed by atoms with Gasteiger partial charge in [0.15, 0.2) is 11.5 Å². The molecule has 3 aromatic carbocycles. The summed E-state index contributed by atoms with van der Waals surface area (Å²) in [6.07, 6.45) is 0. The van der Waals surface area contributed by atoms with E-state index in [1.807, 2.05) is 49.3 Å². The van der Waals surface area contributed by atoms with E-state index >= 15 is 0 Å². The molecule has 178 valence electrons. The molecule has 1 heterocycles. The zero-order valence-electron chi connectivity index (χ0n) is 19.0. The Bertz CT molecular complexity index is 1250. The van der Waals surface area contributed by atoms with Crippen molar-refractivity contribution in [2.75, 3.05) is 38.6 Å². The second-order valence-corrected chi connectivity index (χ2v) is 9.77. The molecule has 0 aromatic heterocycles. The fraction of sp³-hybridized carbons (Fsp3) is 0.240. The Morgan fingerprint density at radius 2 is 1.62 bits per heavy atom. The van der Waals surface area contributed by atoms with Gasteiger partial charge in [0, 0.05) is 23.9 Å². The van der Waals surface area contributed by atoms with Gasteiger partial charge in [0.2, 0.25) is 0 Å². The number of likely N-dealkylation sites (N-methyl/N-ethyl adjacent to an activating group) is 1. The fourth-order valence-electron chi connectivity index (χ4n) is 3.66. The smallest absolute Gasteiger partial charge is 0.262 e. The van der Waals surface area contributed by atoms with Crippen molar-refractivity contribution in [3.63, 3.8) is 0 Å². The molecule has 0 saturated heterocycles. The number of sulfonamides is 1. The lowest BCUT2D eigenvalue weighted by molar-refractivity contribution is 0.0942. The second kappa shape index (κ2) is 10.1. The summed E-state index contributed by atoms with van der Waals surface area (Å²) in [4.78, 5) is 14.8. The third kappa shape index (κ3) is 5.49. The SMILES string of the molecule is CN(C)[C@H](CNC(=O)c1ccc(NS(=O)(=O)c2ccc3c(c2)OCCO3)cc1)c1ccccc1. The predicted octanol–water partition coefficient (Wildman–Crippen LogP) is 3.29. The summed E-state index contributed by atoms with van der Waals surface area (Å²) in [5.74, 6) is 0.682. The van der Waals surface area contributed by atoms with E-state index in [0.717, 1.165) is 5.56 Å². The van der Waals surface area contributed by atoms with Gasteiger partial charge in [-0.05, 0) is 56.1 Å². The van der Waals surface area contributed by atoms with Crippen molar-refractivity contribution in [2.45, 2.75) is 10.9 Å². The molecule has 0 radical (unpaired) electrons. The van der Waals surface area contributed by atoms with Gasteiger partial charge in [-0.3, -0.25) is 9.52 Å². The first kappa shape index (κ1) is 23.6. The number of carbonyl (C=O) groups excluding carboxylic acids is 1. The summed E-state index contributed by atoms with van der Waals surface area (Å²) in [6, 6.07) is 20.8. The van der Waals surface area contributed by atoms with E-state index in [2.05, 4.69) is 10.0 Å². The monoisotopic (exact) mass is 481 g/mol. The number of nitrogens with zero attached hydrogens (tertiary/aromatic N) is 1. The van der Waals surface area contributed by atoms with Crippen molar-refractivity contribution in [1.82, 2.24) is 10.2 Å². The summed E-state index contributed by atoms with van der Waals surface area (Å²) >= 11 is 0. The van der Waals surface area contributed by atoms with Gasteiger partial charge in [-0.1, -0.05) is 30.3 Å². The van der Waals surface area contributed by atoms with Crippen molar-refractivity contribution >= 4 is 21.6 Å². The molecular weight excluding hydrogens is 454 g/mol. The van der Waals surface area contributed by atoms with Gasteiger partial charge in [0.1, 0.15) is 13.2 Å². The maximum absolute atomic E-state index is 12.8. The van der Waals surface area contributed by atoms with Crippen molar-refractivity contribution in [1.29, 1.82) is 0 Å². The Labute approximate surface area is 199 Å². The standard InChI is InChI=1S/C25H27N3O5S/c1-28(2)22(18-6-4-3-5-7-18)17-26-25(29)19-8-10-20(11-9-19)27-34(30,31)21-12-13-23-24(16-21)33-15-14-32-23/h3-13,16,22,27H,14-15,17H2,1-2H3,(H,26,29)/t22-/m1/s1. The molecule has 1 aliphatic rings. The molecular formula is C25H27N3O5S. The highest BCUT2D eigenvalue weighted by molar-refractivity contribution is 7.92. The molecule has 0 saturated carbocycles. The molecule has 1 atom stereocenters. The largest absolute Gasteiger partial charge is 0.486 e. The number of anilines is 1. The molecule has 0 spiro atoms. The summed E-state index contributed by atoms with van der Waals surface area (Å²) in [5.41, 5.74) is 1.89. The Balaban J connectivity index is 1.40. The number of benzene rings is 3. The molecule has 0 aliphatic carbocycles. The first-order valence-corrected chi connectivity index (χ1v) is 12.3. The predicted molar refractivity (Wildman–Crippen MR) is 130 cm³/mol. The average Bonchev–Trinajstić information content (AvgIpc) is 2.84. The van der Waals surface area contributed by atoms with Gasteiger partial charge < -0.3 is 19.7 Å². The zero-order chi connectivity index (χ0) is 24.1. The first-order valence-electron chi connectivity index (χ1n) is 10.9. The Kier molecular flexibility index (Phi) is 7.04. The van der Waals surface area contributed by atoms with Crippen LogP contribution in [0.5, 0.6) is 11.5 Å². The Morgan fingerprint density at radius 3 is 2.29 bits per heavy atom. The number of fused-ring (bicyclic) bond motifs is 1. The molecule has 9 heteroatoms. The number of hydrogen-bond acceptors (Lipinski definition) is 6. The highest BCUT2D eigenvalue weighted by Crippen LogP contribution is 2.32. The third-order valence-corrected chi connectivity index (χ3v) is 6.87. The van der Waals surface area contributed by atoms with E-state index in [1.54, 1.807) is 30.3 Å². The molecule has 1 amide bonds. The van der Waals surface area contributed by atoms with E-state index in [9.17, 15) is 13.2 Å². The molecule has 4 rings (SSSR count). The normalized spacial score (nSPS) is 13.9. The van der Waals surface area contributed by atoms with E-state index in [-0.39, 0.29) is 16.8 Å². The summed E-state index contributed by atoms with van der Waals surface area (Å²) in [7, 11) is 0.0963. The van der Waals surface area contributed by atoms with Crippen LogP contribution in [-0.4, -0.2) is 53.1 Å². The quantitative estimate of drug-likeness (QED) is 0.513. The van der Waals surface area contributed by atoms with Crippen molar-refractivity contribution in [3.05, 3.63) is 83.9 Å². The second-order valence-electron chi connectivity index (χ2n) is 8.09. The van der Waals surface area contributed by atoms with E-state index in [4.69, 9.17) is 9.47 Å². The van der Waals surface area contributed by atoms with Crippen molar-refractivity contribution < 1.29 is 22.7 Å². The average molecular weight is 482 g/mol. The minimum absolute atomic E-state index is 0.0298. The van der Waals surface area contributed by atoms with Crippen molar-refractivity contribution in [2.24, 2.45) is 0 Å². The number of ether oxygens (including phenoxy) is 2. The van der Waals surface area contributed by atoms with Crippen LogP contribution in [0.4, 0.5) is 5.69 Å². The number of carbonyl (C=O) groups is 1. The highest BCUT2D eigenvalue weighted by atomic mass is 32.2. The van der Waals surface area contributed by atoms with Gasteiger partial charge in [-0.2, -0.15) is 0 Å². The zero-order valence-corrected chi connectivity index (χ0v) is 19.8. The van der Waals surface area contributed by atoms with Crippen molar-refractivity contribution in [3.8, 4) is 11.5 Å². The maximum atomic E-state index is 12.8. The van der Waals surface area contributed by atoms with Crippen LogP contribution in [0.3, 0.4) is 0 Å². The van der Waals surface area contributed by atoms with Gasteiger partial charge >= 0.3 is 0 Å². The van der Waals surface area contributed by atoms with Gasteiger partial charge in [0.25, 0.3) is 15.9 Å². The highest BCUT2D eigenvalue weighted by Gasteiger charge is 2.20. The number of nitrogens with one attached hydrogen (secondary N) is 2. The van der Waals surface area contributed by atoms with Crippen LogP contribution in [0, 0.1) is 0 Å². The van der Waals surface area contributed by atoms with Crippen LogP contribution in [0.25, 0.3) is 0 Å². The third-order valence-electron chi connectivity index (χ3n) is 5.49. The van der Waals surface area contributed by atoms with Crippen LogP contribution in [-0.2, 0) is 10.0 Å². The van der Waals surface area contributed by atoms with E-state index in [1.165, 1.54) is 12.1 Å². The van der Waals surface area contributed by atoms with E-state index in [0.29, 0.717) is 42.5 Å². The van der Waals surface area contributed by atoms with Crippen LogP contribution in [0.2, 0.25) is 0 Å². The van der Waals surface area contributed by atoms with Crippen LogP contribution in [0.15, 0.2) is 77.7 Å². The summed E-state index contributed by atoms with van der Waals surface area (Å²) in [6.45, 7) is 1.24. The minimum atomic E-state index is -3.83. The lowest BCUT2D eigenvalue weighted by Crippen LogP contribution is -2.34. The molecule has 2 N–H and O–H groups in total. The molecule has 34 heavy (non-hydrogen) atoms. The van der Waals surface area contributed by atoms with Gasteiger partial charge in [-0.25, -0.2) is 8.42 Å². The minimum Gasteiger partial charge on any atom is -0.486 e. The lowest BCUT2D eigenvalue weighted by atomic mass is 10.1. The van der Waals surface area contributed by atoms with Crippen LogP contribution < -0.4 is 19.5 Å². The Morgan fingerprint density at radius 1 is 0.941 bits per heavy atom. The molecule has 1 aliphatic heterocycles. The topological polar surface area (TPSA) is 97.0 Å². The first-order chi connectivity index (χ1) is 16.3. The van der Waals surface area contributed by atoms with Gasteiger partial charge in [-0.15, -0.1) is 0 Å². The Hall–Kier alpha value is -3.56. The summed E-state index contributed by atoms with van der Waals surface area (Å²) in [5, 5.41) is 2.96. The number of amides is 1. The van der Waals surface area contributed by atoms with E-state index < -0.39 is 10.0 Å². The maximum Gasteiger partial charge on any atom is 0.262 e. The van der Waals surface area contributed by atoms with Crippen LogP contribution in [0.1, 0.15) is 22.0 Å². The summed E-state index contributed by atoms with van der Waals surface area (Å²) < 4.78 is 39.0. The fourth-order valence-corrected chi connectivity index (χ4v) is 4.73. The molecule has 0 unspecified atom stereocenters. The molecule has 0 fully saturated rings.